The largest absolute Gasteiger partial charge is 0.259 e. The Bertz CT molecular complexity index is 468. The number of hydrogen-bond acceptors (Lipinski definition) is 3. The maximum Gasteiger partial charge on any atom is 0.259 e. The minimum Gasteiger partial charge on any atom is -0.255 e. The van der Waals surface area contributed by atoms with Gasteiger partial charge in [-0.3, -0.25) is 4.68 Å². The molecule has 1 rings (SSSR count). The molecule has 1 aromatic heterocycles. The highest BCUT2D eigenvalue weighted by Crippen LogP contribution is 2.20. The number of aryl methyl sites for hydroxylation is 1. The minimum atomic E-state index is -3.63. The van der Waals surface area contributed by atoms with Crippen molar-refractivity contribution in [1.82, 2.24) is 14.5 Å². The molecule has 0 aliphatic rings. The van der Waals surface area contributed by atoms with Crippen molar-refractivity contribution in [2.45, 2.75) is 24.8 Å². The van der Waals surface area contributed by atoms with Crippen LogP contribution in [-0.4, -0.2) is 30.6 Å². The number of aromatic nitrogens is 2. The van der Waals surface area contributed by atoms with E-state index in [1.54, 1.807) is 0 Å². The molecule has 0 saturated carbocycles. The molecule has 0 fully saturated rings. The molecule has 1 N–H and O–H groups in total. The number of nitrogens with zero attached hydrogens (tertiary/aromatic N) is 2. The van der Waals surface area contributed by atoms with Gasteiger partial charge in [0.15, 0.2) is 5.03 Å². The summed E-state index contributed by atoms with van der Waals surface area (Å²) in [5.74, 6) is 0.747. The van der Waals surface area contributed by atoms with Gasteiger partial charge in [0.05, 0.1) is 11.2 Å². The Morgan fingerprint density at radius 1 is 1.56 bits per heavy atom. The molecule has 18 heavy (non-hydrogen) atoms. The van der Waals surface area contributed by atoms with E-state index < -0.39 is 10.0 Å². The van der Waals surface area contributed by atoms with Gasteiger partial charge in [-0.05, 0) is 12.3 Å². The minimum absolute atomic E-state index is 0.00936. The Labute approximate surface area is 118 Å². The van der Waals surface area contributed by atoms with E-state index >= 15 is 0 Å². The summed E-state index contributed by atoms with van der Waals surface area (Å²) < 4.78 is 27.9. The van der Waals surface area contributed by atoms with Crippen molar-refractivity contribution < 1.29 is 8.42 Å². The van der Waals surface area contributed by atoms with E-state index in [9.17, 15) is 8.42 Å². The van der Waals surface area contributed by atoms with E-state index in [1.807, 2.05) is 6.92 Å². The average molecular weight is 314 g/mol. The number of nitrogens with one attached hydrogen (secondary N) is 1. The molecule has 104 valence electrons. The zero-order valence-electron chi connectivity index (χ0n) is 10.4. The zero-order chi connectivity index (χ0) is 13.8. The molecule has 0 bridgehead atoms. The summed E-state index contributed by atoms with van der Waals surface area (Å²) in [4.78, 5) is 0. The van der Waals surface area contributed by atoms with Gasteiger partial charge in [-0.25, -0.2) is 13.1 Å². The van der Waals surface area contributed by atoms with Crippen LogP contribution in [0.1, 0.15) is 19.8 Å². The van der Waals surface area contributed by atoms with Crippen molar-refractivity contribution in [3.8, 4) is 0 Å². The lowest BCUT2D eigenvalue weighted by Crippen LogP contribution is -2.31. The molecule has 0 aliphatic heterocycles. The Kier molecular flexibility index (Phi) is 5.91. The molecular weight excluding hydrogens is 297 g/mol. The molecule has 0 radical (unpaired) electrons. The second-order valence-corrected chi connectivity index (χ2v) is 6.49. The molecule has 5 nitrogen and oxygen atoms in total. The molecule has 0 aromatic carbocycles. The van der Waals surface area contributed by atoms with Crippen LogP contribution in [0.5, 0.6) is 0 Å². The van der Waals surface area contributed by atoms with Crippen LogP contribution in [0, 0.1) is 5.92 Å². The van der Waals surface area contributed by atoms with Gasteiger partial charge >= 0.3 is 0 Å². The van der Waals surface area contributed by atoms with Crippen LogP contribution in [0.15, 0.2) is 11.2 Å². The number of sulfonamides is 1. The van der Waals surface area contributed by atoms with E-state index in [1.165, 1.54) is 17.9 Å². The maximum absolute atomic E-state index is 12.1. The Hall–Kier alpha value is -0.300. The third kappa shape index (κ3) is 3.85. The van der Waals surface area contributed by atoms with Gasteiger partial charge in [0.2, 0.25) is 0 Å². The van der Waals surface area contributed by atoms with Gasteiger partial charge in [0.25, 0.3) is 10.0 Å². The predicted molar refractivity (Wildman–Crippen MR) is 72.5 cm³/mol. The number of rotatable bonds is 7. The van der Waals surface area contributed by atoms with Crippen molar-refractivity contribution >= 4 is 33.2 Å². The lowest BCUT2D eigenvalue weighted by atomic mass is 10.0. The van der Waals surface area contributed by atoms with Crippen molar-refractivity contribution in [2.24, 2.45) is 13.0 Å². The van der Waals surface area contributed by atoms with E-state index in [0.29, 0.717) is 12.4 Å². The maximum atomic E-state index is 12.1. The smallest absolute Gasteiger partial charge is 0.255 e. The lowest BCUT2D eigenvalue weighted by Gasteiger charge is -2.14. The first-order chi connectivity index (χ1) is 8.42. The average Bonchev–Trinajstić information content (AvgIpc) is 2.65. The van der Waals surface area contributed by atoms with Gasteiger partial charge in [0.1, 0.15) is 0 Å². The predicted octanol–water partition coefficient (Wildman–Crippen LogP) is 2.01. The van der Waals surface area contributed by atoms with Gasteiger partial charge in [-0.1, -0.05) is 24.9 Å². The molecule has 1 aromatic rings. The Balaban J connectivity index is 2.77. The summed E-state index contributed by atoms with van der Waals surface area (Å²) in [6.07, 6.45) is 2.96. The molecule has 1 heterocycles. The van der Waals surface area contributed by atoms with Gasteiger partial charge in [0, 0.05) is 19.5 Å². The summed E-state index contributed by atoms with van der Waals surface area (Å²) >= 11 is 11.5. The third-order valence-electron chi connectivity index (χ3n) is 2.75. The van der Waals surface area contributed by atoms with Crippen LogP contribution in [0.2, 0.25) is 5.02 Å². The fourth-order valence-electron chi connectivity index (χ4n) is 1.60. The topological polar surface area (TPSA) is 64.0 Å². The number of alkyl halides is 1. The first-order valence-corrected chi connectivity index (χ1v) is 8.05. The van der Waals surface area contributed by atoms with Crippen LogP contribution >= 0.6 is 23.2 Å². The molecule has 0 saturated heterocycles. The summed E-state index contributed by atoms with van der Waals surface area (Å²) in [5, 5.41) is 3.92. The van der Waals surface area contributed by atoms with Gasteiger partial charge in [-0.15, -0.1) is 11.6 Å². The summed E-state index contributed by atoms with van der Waals surface area (Å²) in [7, 11) is -2.09. The number of halogens is 2. The van der Waals surface area contributed by atoms with Crippen molar-refractivity contribution in [1.29, 1.82) is 0 Å². The van der Waals surface area contributed by atoms with Crippen molar-refractivity contribution in [2.75, 3.05) is 12.4 Å². The highest BCUT2D eigenvalue weighted by Gasteiger charge is 2.23. The molecular formula is C10H17Cl2N3O2S. The standard InChI is InChI=1S/C10H17Cl2N3O2S/c1-3-8(4-5-11)6-14-18(16,17)10-9(12)7-13-15(10)2/h7-8,14H,3-6H2,1-2H3. The quantitative estimate of drug-likeness (QED) is 0.783. The van der Waals surface area contributed by atoms with Crippen LogP contribution in [0.25, 0.3) is 0 Å². The fourth-order valence-corrected chi connectivity index (χ4v) is 3.68. The first kappa shape index (κ1) is 15.8. The third-order valence-corrected chi connectivity index (χ3v) is 4.90. The second-order valence-electron chi connectivity index (χ2n) is 4.03. The highest BCUT2D eigenvalue weighted by atomic mass is 35.5. The lowest BCUT2D eigenvalue weighted by molar-refractivity contribution is 0.478. The zero-order valence-corrected chi connectivity index (χ0v) is 12.7. The summed E-state index contributed by atoms with van der Waals surface area (Å²) in [6.45, 7) is 2.36. The number of hydrogen-bond donors (Lipinski definition) is 1. The second kappa shape index (κ2) is 6.75. The van der Waals surface area contributed by atoms with E-state index in [2.05, 4.69) is 9.82 Å². The molecule has 1 unspecified atom stereocenters. The highest BCUT2D eigenvalue weighted by molar-refractivity contribution is 7.89. The van der Waals surface area contributed by atoms with Gasteiger partial charge < -0.3 is 0 Å². The van der Waals surface area contributed by atoms with Crippen LogP contribution in [-0.2, 0) is 17.1 Å². The molecule has 0 aliphatic carbocycles. The summed E-state index contributed by atoms with van der Waals surface area (Å²) in [5.41, 5.74) is 0. The molecule has 0 amide bonds. The van der Waals surface area contributed by atoms with Crippen LogP contribution in [0.4, 0.5) is 0 Å². The van der Waals surface area contributed by atoms with E-state index in [4.69, 9.17) is 23.2 Å². The summed E-state index contributed by atoms with van der Waals surface area (Å²) in [6, 6.07) is 0. The molecule has 8 heteroatoms. The molecule has 0 spiro atoms. The van der Waals surface area contributed by atoms with E-state index in [-0.39, 0.29) is 16.0 Å². The fraction of sp³-hybridized carbons (Fsp3) is 0.700. The van der Waals surface area contributed by atoms with Crippen molar-refractivity contribution in [3.63, 3.8) is 0 Å². The Morgan fingerprint density at radius 2 is 2.22 bits per heavy atom. The normalized spacial score (nSPS) is 13.8. The Morgan fingerprint density at radius 3 is 2.67 bits per heavy atom. The first-order valence-electron chi connectivity index (χ1n) is 5.65. The van der Waals surface area contributed by atoms with Gasteiger partial charge in [-0.2, -0.15) is 5.10 Å². The van der Waals surface area contributed by atoms with E-state index in [0.717, 1.165) is 12.8 Å². The molecule has 1 atom stereocenters. The van der Waals surface area contributed by atoms with Crippen molar-refractivity contribution in [3.05, 3.63) is 11.2 Å². The monoisotopic (exact) mass is 313 g/mol. The SMILES string of the molecule is CCC(CCCl)CNS(=O)(=O)c1c(Cl)cnn1C. The van der Waals surface area contributed by atoms with Crippen LogP contribution in [0.3, 0.4) is 0 Å². The van der Waals surface area contributed by atoms with Crippen LogP contribution < -0.4 is 4.72 Å².